The maximum atomic E-state index is 12.0. The zero-order valence-electron chi connectivity index (χ0n) is 10.9. The van der Waals surface area contributed by atoms with Gasteiger partial charge in [-0.1, -0.05) is 11.6 Å². The molecule has 1 rings (SSSR count). The molecule has 0 aromatic heterocycles. The largest absolute Gasteiger partial charge is 0.391 e. The van der Waals surface area contributed by atoms with E-state index in [1.807, 2.05) is 20.8 Å². The Labute approximate surface area is 116 Å². The Bertz CT molecular complexity index is 400. The van der Waals surface area contributed by atoms with E-state index in [1.165, 1.54) is 0 Å². The molecule has 0 amide bonds. The standard InChI is InChI=1S/C13H20ClNO2S/c1-13(2,3)15-8-11(16)9-18(17)12-6-4-10(14)5-7-12/h4-7,11,15-16H,8-9H2,1-3H3. The lowest BCUT2D eigenvalue weighted by atomic mass is 10.1. The van der Waals surface area contributed by atoms with Crippen LogP contribution in [-0.4, -0.2) is 33.3 Å². The van der Waals surface area contributed by atoms with Gasteiger partial charge in [-0.3, -0.25) is 4.21 Å². The van der Waals surface area contributed by atoms with Gasteiger partial charge in [0.25, 0.3) is 0 Å². The van der Waals surface area contributed by atoms with Crippen molar-refractivity contribution in [1.82, 2.24) is 5.32 Å². The van der Waals surface area contributed by atoms with E-state index in [4.69, 9.17) is 11.6 Å². The van der Waals surface area contributed by atoms with Gasteiger partial charge in [-0.05, 0) is 45.0 Å². The minimum absolute atomic E-state index is 0.0528. The molecule has 102 valence electrons. The maximum Gasteiger partial charge on any atom is 0.0783 e. The SMILES string of the molecule is CC(C)(C)NCC(O)CS(=O)c1ccc(Cl)cc1. The molecule has 0 aliphatic rings. The number of hydrogen-bond acceptors (Lipinski definition) is 3. The average molecular weight is 290 g/mol. The second-order valence-electron chi connectivity index (χ2n) is 5.25. The van der Waals surface area contributed by atoms with Crippen molar-refractivity contribution < 1.29 is 9.32 Å². The van der Waals surface area contributed by atoms with Gasteiger partial charge < -0.3 is 10.4 Å². The minimum atomic E-state index is -1.20. The minimum Gasteiger partial charge on any atom is -0.391 e. The number of aliphatic hydroxyl groups is 1. The highest BCUT2D eigenvalue weighted by Gasteiger charge is 2.15. The fourth-order valence-electron chi connectivity index (χ4n) is 1.34. The van der Waals surface area contributed by atoms with Gasteiger partial charge in [0.05, 0.1) is 22.7 Å². The van der Waals surface area contributed by atoms with E-state index in [2.05, 4.69) is 5.32 Å². The Morgan fingerprint density at radius 3 is 2.39 bits per heavy atom. The lowest BCUT2D eigenvalue weighted by Gasteiger charge is -2.22. The van der Waals surface area contributed by atoms with Crippen LogP contribution in [0.1, 0.15) is 20.8 Å². The highest BCUT2D eigenvalue weighted by atomic mass is 35.5. The van der Waals surface area contributed by atoms with E-state index in [0.29, 0.717) is 16.5 Å². The summed E-state index contributed by atoms with van der Waals surface area (Å²) in [7, 11) is -1.20. The third-order valence-corrected chi connectivity index (χ3v) is 4.03. The Morgan fingerprint density at radius 2 is 1.89 bits per heavy atom. The average Bonchev–Trinajstić information content (AvgIpc) is 2.26. The summed E-state index contributed by atoms with van der Waals surface area (Å²) in [6.45, 7) is 6.50. The number of β-amino-alcohol motifs (C(OH)–C–C–N with tert-alkyl or cyclic N) is 1. The van der Waals surface area contributed by atoms with Crippen LogP contribution in [0.25, 0.3) is 0 Å². The van der Waals surface area contributed by atoms with Crippen molar-refractivity contribution in [3.05, 3.63) is 29.3 Å². The van der Waals surface area contributed by atoms with Crippen LogP contribution in [0.5, 0.6) is 0 Å². The molecule has 3 nitrogen and oxygen atoms in total. The van der Waals surface area contributed by atoms with E-state index >= 15 is 0 Å². The van der Waals surface area contributed by atoms with Gasteiger partial charge in [-0.25, -0.2) is 0 Å². The number of rotatable bonds is 5. The zero-order chi connectivity index (χ0) is 13.8. The summed E-state index contributed by atoms with van der Waals surface area (Å²) in [5.41, 5.74) is -0.0528. The van der Waals surface area contributed by atoms with Gasteiger partial charge in [0.2, 0.25) is 0 Å². The predicted octanol–water partition coefficient (Wildman–Crippen LogP) is 2.20. The summed E-state index contributed by atoms with van der Waals surface area (Å²) >= 11 is 5.76. The molecule has 0 heterocycles. The first-order valence-electron chi connectivity index (χ1n) is 5.85. The fourth-order valence-corrected chi connectivity index (χ4v) is 2.57. The molecular weight excluding hydrogens is 270 g/mol. The summed E-state index contributed by atoms with van der Waals surface area (Å²) in [6.07, 6.45) is -0.624. The normalized spacial score (nSPS) is 15.4. The van der Waals surface area contributed by atoms with E-state index in [0.717, 1.165) is 0 Å². The zero-order valence-corrected chi connectivity index (χ0v) is 12.5. The lowest BCUT2D eigenvalue weighted by molar-refractivity contribution is 0.182. The number of aliphatic hydroxyl groups excluding tert-OH is 1. The van der Waals surface area contributed by atoms with Crippen molar-refractivity contribution in [3.8, 4) is 0 Å². The lowest BCUT2D eigenvalue weighted by Crippen LogP contribution is -2.42. The molecule has 1 aromatic carbocycles. The van der Waals surface area contributed by atoms with E-state index in [-0.39, 0.29) is 11.3 Å². The van der Waals surface area contributed by atoms with E-state index in [9.17, 15) is 9.32 Å². The van der Waals surface area contributed by atoms with Gasteiger partial charge in [0.1, 0.15) is 0 Å². The first kappa shape index (κ1) is 15.6. The Hall–Kier alpha value is -0.420. The van der Waals surface area contributed by atoms with Crippen LogP contribution in [0.3, 0.4) is 0 Å². The Balaban J connectivity index is 2.47. The molecule has 2 atom stereocenters. The van der Waals surface area contributed by atoms with Crippen molar-refractivity contribution >= 4 is 22.4 Å². The molecule has 2 N–H and O–H groups in total. The molecule has 0 aliphatic heterocycles. The van der Waals surface area contributed by atoms with Gasteiger partial charge in [0, 0.05) is 22.0 Å². The van der Waals surface area contributed by atoms with Crippen LogP contribution < -0.4 is 5.32 Å². The van der Waals surface area contributed by atoms with E-state index in [1.54, 1.807) is 24.3 Å². The van der Waals surface area contributed by atoms with Crippen LogP contribution in [0, 0.1) is 0 Å². The van der Waals surface area contributed by atoms with Crippen LogP contribution in [-0.2, 0) is 10.8 Å². The molecule has 1 aromatic rings. The summed E-state index contributed by atoms with van der Waals surface area (Å²) in [4.78, 5) is 0.689. The summed E-state index contributed by atoms with van der Waals surface area (Å²) in [5, 5.41) is 13.6. The monoisotopic (exact) mass is 289 g/mol. The molecular formula is C13H20ClNO2S. The second kappa shape index (κ2) is 6.66. The molecule has 2 unspecified atom stereocenters. The molecule has 0 saturated carbocycles. The van der Waals surface area contributed by atoms with Crippen molar-refractivity contribution in [2.75, 3.05) is 12.3 Å². The van der Waals surface area contributed by atoms with Crippen molar-refractivity contribution in [2.24, 2.45) is 0 Å². The molecule has 0 saturated heterocycles. The maximum absolute atomic E-state index is 12.0. The van der Waals surface area contributed by atoms with Gasteiger partial charge in [-0.2, -0.15) is 0 Å². The quantitative estimate of drug-likeness (QED) is 0.874. The molecule has 0 fully saturated rings. The predicted molar refractivity (Wildman–Crippen MR) is 76.5 cm³/mol. The smallest absolute Gasteiger partial charge is 0.0783 e. The molecule has 18 heavy (non-hydrogen) atoms. The highest BCUT2D eigenvalue weighted by molar-refractivity contribution is 7.85. The molecule has 0 spiro atoms. The molecule has 0 bridgehead atoms. The summed E-state index contributed by atoms with van der Waals surface area (Å²) in [6, 6.07) is 6.86. The summed E-state index contributed by atoms with van der Waals surface area (Å²) < 4.78 is 12.0. The van der Waals surface area contributed by atoms with Gasteiger partial charge >= 0.3 is 0 Å². The third kappa shape index (κ3) is 5.96. The van der Waals surface area contributed by atoms with E-state index < -0.39 is 16.9 Å². The Morgan fingerprint density at radius 1 is 1.33 bits per heavy atom. The highest BCUT2D eigenvalue weighted by Crippen LogP contribution is 2.13. The molecule has 0 aliphatic carbocycles. The Kier molecular flexibility index (Phi) is 5.79. The van der Waals surface area contributed by atoms with Gasteiger partial charge in [0.15, 0.2) is 0 Å². The second-order valence-corrected chi connectivity index (χ2v) is 7.18. The van der Waals surface area contributed by atoms with Crippen molar-refractivity contribution in [1.29, 1.82) is 0 Å². The molecule has 0 radical (unpaired) electrons. The van der Waals surface area contributed by atoms with Gasteiger partial charge in [-0.15, -0.1) is 0 Å². The van der Waals surface area contributed by atoms with Crippen LogP contribution >= 0.6 is 11.6 Å². The van der Waals surface area contributed by atoms with Crippen LogP contribution in [0.2, 0.25) is 5.02 Å². The van der Waals surface area contributed by atoms with Crippen LogP contribution in [0.4, 0.5) is 0 Å². The van der Waals surface area contributed by atoms with Crippen molar-refractivity contribution in [2.45, 2.75) is 37.3 Å². The number of halogens is 1. The molecule has 5 heteroatoms. The third-order valence-electron chi connectivity index (χ3n) is 2.29. The topological polar surface area (TPSA) is 49.3 Å². The summed E-state index contributed by atoms with van der Waals surface area (Å²) in [5.74, 6) is 0.227. The number of hydrogen-bond donors (Lipinski definition) is 2. The first-order chi connectivity index (χ1) is 8.28. The number of nitrogens with one attached hydrogen (secondary N) is 1. The first-order valence-corrected chi connectivity index (χ1v) is 7.54. The van der Waals surface area contributed by atoms with Crippen molar-refractivity contribution in [3.63, 3.8) is 0 Å². The fraction of sp³-hybridized carbons (Fsp3) is 0.538. The van der Waals surface area contributed by atoms with Crippen LogP contribution in [0.15, 0.2) is 29.2 Å². The number of benzene rings is 1.